The lowest BCUT2D eigenvalue weighted by molar-refractivity contribution is -0.0498. The summed E-state index contributed by atoms with van der Waals surface area (Å²) < 4.78 is 30.0. The largest absolute Gasteiger partial charge is 0.435 e. The number of H-pyrrole nitrogens is 1. The predicted octanol–water partition coefficient (Wildman–Crippen LogP) is 2.10. The van der Waals surface area contributed by atoms with Crippen molar-refractivity contribution in [1.29, 1.82) is 0 Å². The molecule has 1 amide bonds. The maximum atomic E-state index is 12.5. The molecule has 2 aromatic heterocycles. The first-order chi connectivity index (χ1) is 12.3. The van der Waals surface area contributed by atoms with Crippen molar-refractivity contribution < 1.29 is 18.3 Å². The van der Waals surface area contributed by atoms with Crippen LogP contribution in [0.4, 0.5) is 8.78 Å². The summed E-state index contributed by atoms with van der Waals surface area (Å²) in [4.78, 5) is 28.9. The summed E-state index contributed by atoms with van der Waals surface area (Å²) in [6.07, 6.45) is 0. The van der Waals surface area contributed by atoms with Crippen molar-refractivity contribution in [3.05, 3.63) is 57.5 Å². The van der Waals surface area contributed by atoms with E-state index < -0.39 is 18.1 Å². The number of carbonyl (C=O) groups is 1. The molecule has 9 heteroatoms. The minimum absolute atomic E-state index is 0.0392. The molecule has 0 radical (unpaired) electrons. The van der Waals surface area contributed by atoms with Crippen molar-refractivity contribution in [2.24, 2.45) is 7.05 Å². The van der Waals surface area contributed by atoms with E-state index in [0.29, 0.717) is 16.9 Å². The minimum atomic E-state index is -2.89. The summed E-state index contributed by atoms with van der Waals surface area (Å²) in [5.74, 6) is -0.387. The van der Waals surface area contributed by atoms with Crippen LogP contribution in [0.1, 0.15) is 21.6 Å². The van der Waals surface area contributed by atoms with Gasteiger partial charge >= 0.3 is 6.61 Å². The zero-order chi connectivity index (χ0) is 18.8. The van der Waals surface area contributed by atoms with Crippen LogP contribution in [0.25, 0.3) is 11.0 Å². The summed E-state index contributed by atoms with van der Waals surface area (Å²) >= 11 is 0. The van der Waals surface area contributed by atoms with Crippen LogP contribution < -0.4 is 15.6 Å². The number of benzene rings is 1. The average Bonchev–Trinajstić information content (AvgIpc) is 2.87. The summed E-state index contributed by atoms with van der Waals surface area (Å²) in [6.45, 7) is -0.988. The maximum Gasteiger partial charge on any atom is 0.387 e. The van der Waals surface area contributed by atoms with Crippen LogP contribution >= 0.6 is 0 Å². The Bertz CT molecular complexity index is 1010. The first-order valence-corrected chi connectivity index (χ1v) is 7.73. The standard InChI is InChI=1S/C17H16F2N4O3/c1-9-7-12(13-14(21-9)23(2)22-16(13)25)15(24)20-8-10-3-5-11(6-4-10)26-17(18)19/h3-7,17H,8H2,1-2H3,(H,20,24)(H,22,25). The number of rotatable bonds is 5. The quantitative estimate of drug-likeness (QED) is 0.727. The van der Waals surface area contributed by atoms with Gasteiger partial charge in [-0.2, -0.15) is 8.78 Å². The molecule has 0 aliphatic rings. The van der Waals surface area contributed by atoms with Gasteiger partial charge in [0.25, 0.3) is 11.5 Å². The normalized spacial score (nSPS) is 11.1. The first kappa shape index (κ1) is 17.6. The molecule has 0 spiro atoms. The number of fused-ring (bicyclic) bond motifs is 1. The molecule has 136 valence electrons. The highest BCUT2D eigenvalue weighted by Gasteiger charge is 2.17. The lowest BCUT2D eigenvalue weighted by Crippen LogP contribution is -2.24. The van der Waals surface area contributed by atoms with Gasteiger partial charge in [0.1, 0.15) is 5.75 Å². The summed E-state index contributed by atoms with van der Waals surface area (Å²) in [6, 6.07) is 7.47. The third-order valence-electron chi connectivity index (χ3n) is 3.79. The minimum Gasteiger partial charge on any atom is -0.435 e. The zero-order valence-corrected chi connectivity index (χ0v) is 14.0. The molecule has 2 heterocycles. The number of ether oxygens (including phenoxy) is 1. The van der Waals surface area contributed by atoms with Crippen LogP contribution in [0.15, 0.2) is 35.1 Å². The van der Waals surface area contributed by atoms with Crippen molar-refractivity contribution in [3.63, 3.8) is 0 Å². The molecule has 1 aromatic carbocycles. The smallest absolute Gasteiger partial charge is 0.387 e. The molecule has 0 saturated heterocycles. The lowest BCUT2D eigenvalue weighted by atomic mass is 10.1. The van der Waals surface area contributed by atoms with E-state index in [2.05, 4.69) is 20.1 Å². The van der Waals surface area contributed by atoms with Crippen molar-refractivity contribution >= 4 is 16.9 Å². The lowest BCUT2D eigenvalue weighted by Gasteiger charge is -2.08. The third-order valence-corrected chi connectivity index (χ3v) is 3.79. The van der Waals surface area contributed by atoms with E-state index in [1.807, 2.05) is 0 Å². The van der Waals surface area contributed by atoms with Gasteiger partial charge in [-0.05, 0) is 30.7 Å². The van der Waals surface area contributed by atoms with Gasteiger partial charge in [0.15, 0.2) is 5.65 Å². The Labute approximate surface area is 146 Å². The summed E-state index contributed by atoms with van der Waals surface area (Å²) in [5.41, 5.74) is 1.53. The molecule has 3 rings (SSSR count). The highest BCUT2D eigenvalue weighted by molar-refractivity contribution is 6.05. The number of amides is 1. The van der Waals surface area contributed by atoms with Crippen LogP contribution in [0.2, 0.25) is 0 Å². The number of alkyl halides is 2. The number of pyridine rings is 1. The van der Waals surface area contributed by atoms with Gasteiger partial charge < -0.3 is 10.1 Å². The van der Waals surface area contributed by atoms with Crippen LogP contribution in [0.3, 0.4) is 0 Å². The van der Waals surface area contributed by atoms with E-state index in [4.69, 9.17) is 0 Å². The van der Waals surface area contributed by atoms with Crippen LogP contribution in [0.5, 0.6) is 5.75 Å². The van der Waals surface area contributed by atoms with Gasteiger partial charge in [-0.1, -0.05) is 12.1 Å². The Morgan fingerprint density at radius 2 is 2.04 bits per heavy atom. The van der Waals surface area contributed by atoms with Crippen molar-refractivity contribution in [2.45, 2.75) is 20.1 Å². The molecule has 0 aliphatic heterocycles. The SMILES string of the molecule is Cc1cc(C(=O)NCc2ccc(OC(F)F)cc2)c2c(=O)[nH]n(C)c2n1. The molecular weight excluding hydrogens is 346 g/mol. The predicted molar refractivity (Wildman–Crippen MR) is 90.3 cm³/mol. The molecule has 0 saturated carbocycles. The molecular formula is C17H16F2N4O3. The Kier molecular flexibility index (Phi) is 4.70. The second-order valence-corrected chi connectivity index (χ2v) is 5.71. The highest BCUT2D eigenvalue weighted by atomic mass is 19.3. The van der Waals surface area contributed by atoms with E-state index in [1.54, 1.807) is 32.2 Å². The molecule has 2 N–H and O–H groups in total. The Morgan fingerprint density at radius 1 is 1.35 bits per heavy atom. The Hall–Kier alpha value is -3.23. The first-order valence-electron chi connectivity index (χ1n) is 7.73. The fourth-order valence-corrected chi connectivity index (χ4v) is 2.63. The van der Waals surface area contributed by atoms with Crippen LogP contribution in [-0.4, -0.2) is 27.3 Å². The number of carbonyl (C=O) groups excluding carboxylic acids is 1. The number of aromatic nitrogens is 3. The molecule has 7 nitrogen and oxygen atoms in total. The molecule has 3 aromatic rings. The maximum absolute atomic E-state index is 12.5. The van der Waals surface area contributed by atoms with Gasteiger partial charge in [0.2, 0.25) is 0 Å². The van der Waals surface area contributed by atoms with E-state index >= 15 is 0 Å². The van der Waals surface area contributed by atoms with Gasteiger partial charge in [-0.3, -0.25) is 19.4 Å². The molecule has 0 unspecified atom stereocenters. The topological polar surface area (TPSA) is 89.0 Å². The number of aryl methyl sites for hydroxylation is 2. The average molecular weight is 362 g/mol. The van der Waals surface area contributed by atoms with Gasteiger partial charge in [-0.25, -0.2) is 4.98 Å². The molecule has 26 heavy (non-hydrogen) atoms. The fourth-order valence-electron chi connectivity index (χ4n) is 2.63. The van der Waals surface area contributed by atoms with Crippen molar-refractivity contribution in [1.82, 2.24) is 20.1 Å². The van der Waals surface area contributed by atoms with E-state index in [0.717, 1.165) is 0 Å². The Balaban J connectivity index is 1.79. The molecule has 0 aliphatic carbocycles. The van der Waals surface area contributed by atoms with Crippen LogP contribution in [-0.2, 0) is 13.6 Å². The monoisotopic (exact) mass is 362 g/mol. The van der Waals surface area contributed by atoms with Crippen molar-refractivity contribution in [2.75, 3.05) is 0 Å². The van der Waals surface area contributed by atoms with Gasteiger partial charge in [0, 0.05) is 19.3 Å². The summed E-state index contributed by atoms with van der Waals surface area (Å²) in [5, 5.41) is 5.51. The second-order valence-electron chi connectivity index (χ2n) is 5.71. The Morgan fingerprint density at radius 3 is 2.69 bits per heavy atom. The summed E-state index contributed by atoms with van der Waals surface area (Å²) in [7, 11) is 1.64. The fraction of sp³-hybridized carbons (Fsp3) is 0.235. The second kappa shape index (κ2) is 6.95. The van der Waals surface area contributed by atoms with Gasteiger partial charge in [-0.15, -0.1) is 0 Å². The number of hydrogen-bond acceptors (Lipinski definition) is 4. The van der Waals surface area contributed by atoms with E-state index in [-0.39, 0.29) is 23.2 Å². The molecule has 0 atom stereocenters. The van der Waals surface area contributed by atoms with E-state index in [1.165, 1.54) is 16.8 Å². The van der Waals surface area contributed by atoms with Crippen LogP contribution in [0, 0.1) is 6.92 Å². The van der Waals surface area contributed by atoms with Crippen molar-refractivity contribution in [3.8, 4) is 5.75 Å². The number of halogens is 2. The number of hydrogen-bond donors (Lipinski definition) is 2. The number of aromatic amines is 1. The zero-order valence-electron chi connectivity index (χ0n) is 14.0. The van der Waals surface area contributed by atoms with Gasteiger partial charge in [0.05, 0.1) is 10.9 Å². The van der Waals surface area contributed by atoms with E-state index in [9.17, 15) is 18.4 Å². The number of nitrogens with one attached hydrogen (secondary N) is 2. The molecule has 0 bridgehead atoms. The molecule has 0 fully saturated rings. The highest BCUT2D eigenvalue weighted by Crippen LogP contribution is 2.16. The third kappa shape index (κ3) is 3.56. The number of nitrogens with zero attached hydrogens (tertiary/aromatic N) is 2.